The number of benzene rings is 1. The molecule has 1 aromatic carbocycles. The second-order valence-electron chi connectivity index (χ2n) is 7.58. The number of aromatic nitrogens is 2. The highest BCUT2D eigenvalue weighted by atomic mass is 35.5. The summed E-state index contributed by atoms with van der Waals surface area (Å²) in [6.07, 6.45) is 3.88. The van der Waals surface area contributed by atoms with Crippen molar-refractivity contribution < 1.29 is 4.79 Å². The summed E-state index contributed by atoms with van der Waals surface area (Å²) in [7, 11) is 0. The molecule has 5 nitrogen and oxygen atoms in total. The zero-order valence-electron chi connectivity index (χ0n) is 15.9. The van der Waals surface area contributed by atoms with Crippen molar-refractivity contribution in [1.29, 1.82) is 0 Å². The largest absolute Gasteiger partial charge is 0.353 e. The molecule has 0 radical (unpaired) electrons. The molecule has 4 rings (SSSR count). The van der Waals surface area contributed by atoms with E-state index in [1.807, 2.05) is 36.1 Å². The first kappa shape index (κ1) is 18.2. The Kier molecular flexibility index (Phi) is 5.04. The van der Waals surface area contributed by atoms with Crippen LogP contribution in [0.5, 0.6) is 0 Å². The Morgan fingerprint density at radius 2 is 1.85 bits per heavy atom. The Hall–Kier alpha value is -2.14. The summed E-state index contributed by atoms with van der Waals surface area (Å²) in [5.74, 6) is 1.61. The van der Waals surface area contributed by atoms with Crippen molar-refractivity contribution in [3.8, 4) is 0 Å². The lowest BCUT2D eigenvalue weighted by Crippen LogP contribution is -2.50. The Labute approximate surface area is 165 Å². The number of hydrogen-bond donors (Lipinski definition) is 0. The first-order valence-electron chi connectivity index (χ1n) is 9.67. The summed E-state index contributed by atoms with van der Waals surface area (Å²) in [6, 6.07) is 7.56. The Bertz CT molecular complexity index is 831. The van der Waals surface area contributed by atoms with Gasteiger partial charge in [0.05, 0.1) is 5.92 Å². The molecule has 0 N–H and O–H groups in total. The summed E-state index contributed by atoms with van der Waals surface area (Å²) in [5, 5.41) is 0.693. The van der Waals surface area contributed by atoms with Crippen LogP contribution in [0.25, 0.3) is 0 Å². The molecule has 1 aliphatic heterocycles. The molecule has 27 heavy (non-hydrogen) atoms. The molecule has 1 aromatic heterocycles. The molecule has 1 amide bonds. The van der Waals surface area contributed by atoms with Gasteiger partial charge >= 0.3 is 0 Å². The maximum Gasteiger partial charge on any atom is 0.229 e. The highest BCUT2D eigenvalue weighted by Gasteiger charge is 2.30. The van der Waals surface area contributed by atoms with E-state index in [0.29, 0.717) is 10.9 Å². The smallest absolute Gasteiger partial charge is 0.229 e. The maximum absolute atomic E-state index is 12.9. The van der Waals surface area contributed by atoms with E-state index < -0.39 is 0 Å². The van der Waals surface area contributed by atoms with Gasteiger partial charge in [0, 0.05) is 42.5 Å². The minimum absolute atomic E-state index is 0.155. The van der Waals surface area contributed by atoms with Gasteiger partial charge in [0.2, 0.25) is 5.91 Å². The lowest BCUT2D eigenvalue weighted by molar-refractivity contribution is -0.132. The molecule has 1 aliphatic carbocycles. The lowest BCUT2D eigenvalue weighted by atomic mass is 9.99. The number of rotatable bonds is 3. The Morgan fingerprint density at radius 1 is 1.15 bits per heavy atom. The van der Waals surface area contributed by atoms with Gasteiger partial charge in [0.25, 0.3) is 0 Å². The van der Waals surface area contributed by atoms with Gasteiger partial charge in [-0.15, -0.1) is 0 Å². The molecule has 0 spiro atoms. The minimum Gasteiger partial charge on any atom is -0.353 e. The van der Waals surface area contributed by atoms with Crippen molar-refractivity contribution in [2.45, 2.75) is 38.5 Å². The maximum atomic E-state index is 12.9. The third-order valence-electron chi connectivity index (χ3n) is 5.88. The fourth-order valence-corrected chi connectivity index (χ4v) is 4.31. The molecule has 1 fully saturated rings. The highest BCUT2D eigenvalue weighted by Crippen LogP contribution is 2.37. The fraction of sp³-hybridized carbons (Fsp3) is 0.476. The van der Waals surface area contributed by atoms with E-state index in [2.05, 4.69) is 21.8 Å². The summed E-state index contributed by atoms with van der Waals surface area (Å²) in [5.41, 5.74) is 3.52. The number of anilines is 1. The van der Waals surface area contributed by atoms with Crippen molar-refractivity contribution >= 4 is 23.3 Å². The number of halogens is 1. The molecule has 0 bridgehead atoms. The number of piperazine rings is 1. The number of hydrogen-bond acceptors (Lipinski definition) is 4. The lowest BCUT2D eigenvalue weighted by Gasteiger charge is -2.37. The van der Waals surface area contributed by atoms with E-state index in [0.717, 1.165) is 50.4 Å². The molecule has 2 aliphatic rings. The molecule has 2 atom stereocenters. The van der Waals surface area contributed by atoms with Gasteiger partial charge in [0.15, 0.2) is 0 Å². The molecule has 142 valence electrons. The van der Waals surface area contributed by atoms with Crippen LogP contribution in [0, 0.1) is 0 Å². The molecular weight excluding hydrogens is 360 g/mol. The normalized spacial score (nSPS) is 20.5. The average molecular weight is 385 g/mol. The van der Waals surface area contributed by atoms with Crippen LogP contribution >= 0.6 is 11.6 Å². The Morgan fingerprint density at radius 3 is 2.56 bits per heavy atom. The van der Waals surface area contributed by atoms with Crippen molar-refractivity contribution in [3.05, 3.63) is 52.4 Å². The zero-order valence-corrected chi connectivity index (χ0v) is 16.6. The summed E-state index contributed by atoms with van der Waals surface area (Å²) in [6.45, 7) is 7.31. The van der Waals surface area contributed by atoms with E-state index in [9.17, 15) is 4.79 Å². The van der Waals surface area contributed by atoms with Gasteiger partial charge in [0.1, 0.15) is 12.1 Å². The highest BCUT2D eigenvalue weighted by molar-refractivity contribution is 6.30. The van der Waals surface area contributed by atoms with Crippen LogP contribution in [0.15, 0.2) is 30.6 Å². The number of carbonyl (C=O) groups is 1. The first-order valence-corrected chi connectivity index (χ1v) is 10.1. The zero-order chi connectivity index (χ0) is 19.0. The summed E-state index contributed by atoms with van der Waals surface area (Å²) < 4.78 is 0. The fourth-order valence-electron chi connectivity index (χ4n) is 4.18. The van der Waals surface area contributed by atoms with E-state index in [4.69, 9.17) is 11.6 Å². The predicted molar refractivity (Wildman–Crippen MR) is 107 cm³/mol. The van der Waals surface area contributed by atoms with Gasteiger partial charge in [-0.1, -0.05) is 30.7 Å². The number of aryl methyl sites for hydroxylation is 1. The Balaban J connectivity index is 1.43. The van der Waals surface area contributed by atoms with Gasteiger partial charge in [-0.2, -0.15) is 0 Å². The van der Waals surface area contributed by atoms with Crippen LogP contribution in [-0.2, 0) is 11.2 Å². The van der Waals surface area contributed by atoms with Crippen molar-refractivity contribution in [1.82, 2.24) is 14.9 Å². The molecule has 1 saturated heterocycles. The monoisotopic (exact) mass is 384 g/mol. The van der Waals surface area contributed by atoms with Crippen LogP contribution < -0.4 is 4.90 Å². The van der Waals surface area contributed by atoms with E-state index in [-0.39, 0.29) is 11.8 Å². The second-order valence-corrected chi connectivity index (χ2v) is 8.02. The van der Waals surface area contributed by atoms with Gasteiger partial charge in [-0.05, 0) is 43.4 Å². The summed E-state index contributed by atoms with van der Waals surface area (Å²) in [4.78, 5) is 26.2. The minimum atomic E-state index is -0.155. The number of carbonyl (C=O) groups excluding carboxylic acids is 1. The molecule has 2 aromatic rings. The van der Waals surface area contributed by atoms with Gasteiger partial charge in [-0.25, -0.2) is 9.97 Å². The van der Waals surface area contributed by atoms with Gasteiger partial charge < -0.3 is 9.80 Å². The molecular formula is C21H25ClN4O. The second kappa shape index (κ2) is 7.47. The van der Waals surface area contributed by atoms with Crippen LogP contribution in [0.4, 0.5) is 5.82 Å². The van der Waals surface area contributed by atoms with Crippen molar-refractivity contribution in [3.63, 3.8) is 0 Å². The van der Waals surface area contributed by atoms with Gasteiger partial charge in [-0.3, -0.25) is 4.79 Å². The van der Waals surface area contributed by atoms with Crippen LogP contribution in [0.3, 0.4) is 0 Å². The third-order valence-corrected chi connectivity index (χ3v) is 6.14. The standard InChI is InChI=1S/C21H25ClN4O/c1-14-3-8-18-19(14)20(24-13-23-18)25-9-11-26(12-10-25)21(27)15(2)16-4-6-17(22)7-5-16/h4-7,13-15H,3,8-12H2,1-2H3/t14-,15+/m1/s1. The topological polar surface area (TPSA) is 49.3 Å². The van der Waals surface area contributed by atoms with Crippen LogP contribution in [-0.4, -0.2) is 47.0 Å². The predicted octanol–water partition coefficient (Wildman–Crippen LogP) is 3.63. The molecule has 6 heteroatoms. The van der Waals surface area contributed by atoms with Crippen LogP contribution in [0.2, 0.25) is 5.02 Å². The van der Waals surface area contributed by atoms with Crippen molar-refractivity contribution in [2.24, 2.45) is 0 Å². The average Bonchev–Trinajstić information content (AvgIpc) is 3.09. The van der Waals surface area contributed by atoms with Crippen LogP contribution in [0.1, 0.15) is 48.9 Å². The number of nitrogens with zero attached hydrogens (tertiary/aromatic N) is 4. The summed E-state index contributed by atoms with van der Waals surface area (Å²) >= 11 is 5.96. The van der Waals surface area contributed by atoms with E-state index >= 15 is 0 Å². The third kappa shape index (κ3) is 3.53. The molecule has 0 saturated carbocycles. The SMILES string of the molecule is C[C@@H]1CCc2ncnc(N3CCN(C(=O)[C@@H](C)c4ccc(Cl)cc4)CC3)c21. The van der Waals surface area contributed by atoms with E-state index in [1.165, 1.54) is 11.3 Å². The number of fused-ring (bicyclic) bond motifs is 1. The van der Waals surface area contributed by atoms with E-state index in [1.54, 1.807) is 6.33 Å². The molecule has 2 heterocycles. The quantitative estimate of drug-likeness (QED) is 0.810. The molecule has 0 unspecified atom stereocenters. The number of amides is 1. The first-order chi connectivity index (χ1) is 13.0. The van der Waals surface area contributed by atoms with Crippen molar-refractivity contribution in [2.75, 3.05) is 31.1 Å².